The van der Waals surface area contributed by atoms with Crippen LogP contribution in [-0.2, 0) is 9.84 Å². The Morgan fingerprint density at radius 2 is 1.88 bits per heavy atom. The molecule has 0 fully saturated rings. The van der Waals surface area contributed by atoms with Crippen molar-refractivity contribution < 1.29 is 8.42 Å². The molecular weight excluding hydrogens is 320 g/mol. The van der Waals surface area contributed by atoms with Crippen LogP contribution in [0.1, 0.15) is 12.5 Å². The van der Waals surface area contributed by atoms with E-state index < -0.39 is 9.84 Å². The van der Waals surface area contributed by atoms with Crippen molar-refractivity contribution in [3.05, 3.63) is 40.1 Å². The van der Waals surface area contributed by atoms with E-state index in [-0.39, 0.29) is 4.83 Å². The van der Waals surface area contributed by atoms with Crippen LogP contribution in [0.2, 0.25) is 0 Å². The molecule has 0 heterocycles. The molecule has 0 radical (unpaired) electrons. The molecule has 0 amide bonds. The minimum absolute atomic E-state index is 0.0326. The quantitative estimate of drug-likeness (QED) is 0.786. The highest BCUT2D eigenvalue weighted by molar-refractivity contribution is 9.09. The van der Waals surface area contributed by atoms with Gasteiger partial charge in [0.2, 0.25) is 9.84 Å². The van der Waals surface area contributed by atoms with E-state index in [1.54, 1.807) is 24.5 Å². The summed E-state index contributed by atoms with van der Waals surface area (Å²) in [5.74, 6) is 0. The van der Waals surface area contributed by atoms with Gasteiger partial charge in [0.15, 0.2) is 0 Å². The fourth-order valence-electron chi connectivity index (χ4n) is 1.29. The number of rotatable bonds is 4. The van der Waals surface area contributed by atoms with Crippen LogP contribution in [0.4, 0.5) is 0 Å². The Morgan fingerprint density at radius 3 is 2.29 bits per heavy atom. The van der Waals surface area contributed by atoms with Crippen LogP contribution in [0.5, 0.6) is 0 Å². The third kappa shape index (κ3) is 3.86. The first-order valence-electron chi connectivity index (χ1n) is 5.09. The molecule has 1 aromatic carbocycles. The van der Waals surface area contributed by atoms with Crippen LogP contribution in [0, 0.1) is 6.92 Å². The number of alkyl halides is 1. The predicted octanol–water partition coefficient (Wildman–Crippen LogP) is 3.76. The normalized spacial score (nSPS) is 14.7. The highest BCUT2D eigenvalue weighted by Gasteiger charge is 2.20. The Labute approximate surface area is 116 Å². The topological polar surface area (TPSA) is 34.1 Å². The second kappa shape index (κ2) is 6.07. The summed E-state index contributed by atoms with van der Waals surface area (Å²) in [5, 5.41) is 0. The monoisotopic (exact) mass is 334 g/mol. The van der Waals surface area contributed by atoms with Crippen LogP contribution in [-0.4, -0.2) is 19.5 Å². The van der Waals surface area contributed by atoms with Crippen LogP contribution in [0.15, 0.2) is 39.5 Å². The Kier molecular flexibility index (Phi) is 5.28. The third-order valence-corrected chi connectivity index (χ3v) is 5.68. The minimum atomic E-state index is -3.37. The summed E-state index contributed by atoms with van der Waals surface area (Å²) in [5.41, 5.74) is 1.05. The predicted molar refractivity (Wildman–Crippen MR) is 78.4 cm³/mol. The van der Waals surface area contributed by atoms with Crippen molar-refractivity contribution in [3.63, 3.8) is 0 Å². The Hall–Kier alpha value is -0.260. The van der Waals surface area contributed by atoms with E-state index >= 15 is 0 Å². The van der Waals surface area contributed by atoms with Gasteiger partial charge in [-0.1, -0.05) is 33.6 Å². The lowest BCUT2D eigenvalue weighted by atomic mass is 10.2. The number of allylic oxidation sites excluding steroid dienone is 1. The number of halogens is 1. The summed E-state index contributed by atoms with van der Waals surface area (Å²) in [4.78, 5) is 0.377. The zero-order valence-electron chi connectivity index (χ0n) is 9.98. The lowest BCUT2D eigenvalue weighted by Gasteiger charge is -2.08. The van der Waals surface area contributed by atoms with E-state index in [4.69, 9.17) is 0 Å². The van der Waals surface area contributed by atoms with Crippen molar-refractivity contribution >= 4 is 37.5 Å². The fourth-order valence-corrected chi connectivity index (χ4v) is 4.52. The van der Waals surface area contributed by atoms with Gasteiger partial charge in [-0.15, -0.1) is 11.8 Å². The van der Waals surface area contributed by atoms with Crippen molar-refractivity contribution in [2.75, 3.05) is 6.26 Å². The molecule has 94 valence electrons. The molecule has 0 aliphatic carbocycles. The molecular formula is C12H15BrO2S2. The van der Waals surface area contributed by atoms with Gasteiger partial charge in [0.05, 0.1) is 4.90 Å². The first-order valence-corrected chi connectivity index (χ1v) is 8.72. The summed E-state index contributed by atoms with van der Waals surface area (Å²) in [6.07, 6.45) is 3.48. The molecule has 17 heavy (non-hydrogen) atoms. The summed E-state index contributed by atoms with van der Waals surface area (Å²) in [7, 11) is -3.37. The van der Waals surface area contributed by atoms with Gasteiger partial charge in [-0.25, -0.2) is 8.42 Å². The summed E-state index contributed by atoms with van der Waals surface area (Å²) in [6.45, 7) is 3.82. The number of sulfone groups is 1. The molecule has 1 atom stereocenters. The zero-order chi connectivity index (χ0) is 13.1. The zero-order valence-corrected chi connectivity index (χ0v) is 13.2. The van der Waals surface area contributed by atoms with Gasteiger partial charge in [-0.05, 0) is 38.3 Å². The lowest BCUT2D eigenvalue weighted by Crippen LogP contribution is -2.04. The molecule has 2 nitrogen and oxygen atoms in total. The molecule has 1 aromatic rings. The summed E-state index contributed by atoms with van der Waals surface area (Å²) in [6, 6.07) is 6.91. The van der Waals surface area contributed by atoms with Crippen LogP contribution in [0.25, 0.3) is 0 Å². The van der Waals surface area contributed by atoms with Crippen molar-refractivity contribution in [3.8, 4) is 0 Å². The average Bonchev–Trinajstić information content (AvgIpc) is 2.26. The number of aryl methyl sites for hydroxylation is 1. The first-order chi connectivity index (χ1) is 7.87. The molecule has 0 N–H and O–H groups in total. The van der Waals surface area contributed by atoms with Gasteiger partial charge in [0.25, 0.3) is 0 Å². The van der Waals surface area contributed by atoms with Crippen molar-refractivity contribution in [1.82, 2.24) is 0 Å². The van der Waals surface area contributed by atoms with Gasteiger partial charge >= 0.3 is 0 Å². The van der Waals surface area contributed by atoms with Gasteiger partial charge in [-0.3, -0.25) is 0 Å². The summed E-state index contributed by atoms with van der Waals surface area (Å²) < 4.78 is 25.0. The fraction of sp³-hybridized carbons (Fsp3) is 0.333. The van der Waals surface area contributed by atoms with E-state index in [1.807, 2.05) is 26.0 Å². The largest absolute Gasteiger partial charge is 0.218 e. The Bertz CT molecular complexity index is 502. The smallest absolute Gasteiger partial charge is 0.212 e. The van der Waals surface area contributed by atoms with Gasteiger partial charge in [-0.2, -0.15) is 0 Å². The van der Waals surface area contributed by atoms with E-state index in [0.29, 0.717) is 9.13 Å². The molecule has 1 unspecified atom stereocenters. The maximum Gasteiger partial charge on any atom is 0.212 e. The molecule has 0 saturated carbocycles. The number of benzene rings is 1. The second-order valence-electron chi connectivity index (χ2n) is 3.68. The third-order valence-electron chi connectivity index (χ3n) is 2.16. The van der Waals surface area contributed by atoms with Crippen molar-refractivity contribution in [2.24, 2.45) is 0 Å². The maximum atomic E-state index is 12.3. The molecule has 1 rings (SSSR count). The molecule has 0 bridgehead atoms. The molecule has 0 spiro atoms. The van der Waals surface area contributed by atoms with Crippen LogP contribution < -0.4 is 0 Å². The number of thioether (sulfide) groups is 1. The molecule has 0 aromatic heterocycles. The van der Waals surface area contributed by atoms with E-state index in [9.17, 15) is 8.42 Å². The lowest BCUT2D eigenvalue weighted by molar-refractivity contribution is 0.604. The van der Waals surface area contributed by atoms with E-state index in [1.165, 1.54) is 11.8 Å². The maximum absolute atomic E-state index is 12.3. The molecule has 5 heteroatoms. The average molecular weight is 335 g/mol. The molecule has 0 aliphatic heterocycles. The minimum Gasteiger partial charge on any atom is -0.218 e. The Morgan fingerprint density at radius 1 is 1.35 bits per heavy atom. The van der Waals surface area contributed by atoms with Crippen molar-refractivity contribution in [1.29, 1.82) is 0 Å². The van der Waals surface area contributed by atoms with Gasteiger partial charge < -0.3 is 0 Å². The number of hydrogen-bond donors (Lipinski definition) is 0. The Balaban J connectivity index is 3.22. The summed E-state index contributed by atoms with van der Waals surface area (Å²) >= 11 is 4.59. The highest BCUT2D eigenvalue weighted by Crippen LogP contribution is 2.28. The standard InChI is InChI=1S/C12H15BrO2S2/c1-9-4-6-11(7-5-9)17(14,15)12(16-3)8-10(2)13/h4-8,10H,1-3H3/b12-8+. The van der Waals surface area contributed by atoms with Crippen LogP contribution in [0.3, 0.4) is 0 Å². The first kappa shape index (κ1) is 14.8. The highest BCUT2D eigenvalue weighted by atomic mass is 79.9. The SMILES string of the molecule is CS/C(=C\C(C)Br)S(=O)(=O)c1ccc(C)cc1. The molecule has 0 saturated heterocycles. The van der Waals surface area contributed by atoms with Crippen molar-refractivity contribution in [2.45, 2.75) is 23.6 Å². The van der Waals surface area contributed by atoms with Gasteiger partial charge in [0.1, 0.15) is 4.24 Å². The van der Waals surface area contributed by atoms with Crippen LogP contribution >= 0.6 is 27.7 Å². The van der Waals surface area contributed by atoms with E-state index in [2.05, 4.69) is 15.9 Å². The van der Waals surface area contributed by atoms with E-state index in [0.717, 1.165) is 5.56 Å². The molecule has 0 aliphatic rings. The second-order valence-corrected chi connectivity index (χ2v) is 8.15. The van der Waals surface area contributed by atoms with Gasteiger partial charge in [0, 0.05) is 4.83 Å². The number of hydrogen-bond acceptors (Lipinski definition) is 3.